The molecule has 0 spiro atoms. The standard InChI is InChI=1S/C19H23N3O2S2/c1-3-10-22-18(24)15-13-6-4-5-7-14(13)26-17(15)21-19(22)25-11(2)16(23)20-12-8-9-12/h3,11-12H,1,4-10H2,2H3,(H,20,23)/t11-/m0/s1. The van der Waals surface area contributed by atoms with Crippen LogP contribution in [0.2, 0.25) is 0 Å². The maximum absolute atomic E-state index is 13.2. The van der Waals surface area contributed by atoms with Crippen LogP contribution in [0.1, 0.15) is 43.0 Å². The fraction of sp³-hybridized carbons (Fsp3) is 0.526. The Kier molecular flexibility index (Phi) is 4.92. The molecular weight excluding hydrogens is 366 g/mol. The number of fused-ring (bicyclic) bond motifs is 3. The Labute approximate surface area is 160 Å². The van der Waals surface area contributed by atoms with E-state index >= 15 is 0 Å². The van der Waals surface area contributed by atoms with Crippen molar-refractivity contribution >= 4 is 39.2 Å². The van der Waals surface area contributed by atoms with Crippen molar-refractivity contribution in [1.29, 1.82) is 0 Å². The van der Waals surface area contributed by atoms with Crippen LogP contribution >= 0.6 is 23.1 Å². The van der Waals surface area contributed by atoms with E-state index in [-0.39, 0.29) is 16.7 Å². The highest BCUT2D eigenvalue weighted by atomic mass is 32.2. The minimum absolute atomic E-state index is 0.00611. The van der Waals surface area contributed by atoms with E-state index in [2.05, 4.69) is 11.9 Å². The van der Waals surface area contributed by atoms with E-state index in [9.17, 15) is 9.59 Å². The monoisotopic (exact) mass is 389 g/mol. The molecule has 2 heterocycles. The summed E-state index contributed by atoms with van der Waals surface area (Å²) in [6.07, 6.45) is 8.17. The third-order valence-corrected chi connectivity index (χ3v) is 7.20. The lowest BCUT2D eigenvalue weighted by molar-refractivity contribution is -0.120. The number of thiophene rings is 1. The second kappa shape index (κ2) is 7.19. The number of carbonyl (C=O) groups excluding carboxylic acids is 1. The van der Waals surface area contributed by atoms with Gasteiger partial charge in [0.05, 0.1) is 10.6 Å². The SMILES string of the molecule is C=CCn1c(S[C@@H](C)C(=O)NC2CC2)nc2sc3c(c2c1=O)CCCC3. The molecule has 1 atom stereocenters. The highest BCUT2D eigenvalue weighted by Crippen LogP contribution is 2.35. The van der Waals surface area contributed by atoms with Gasteiger partial charge in [0, 0.05) is 17.5 Å². The van der Waals surface area contributed by atoms with E-state index in [0.717, 1.165) is 42.3 Å². The summed E-state index contributed by atoms with van der Waals surface area (Å²) in [6, 6.07) is 0.334. The Balaban J connectivity index is 1.72. The highest BCUT2D eigenvalue weighted by molar-refractivity contribution is 8.00. The number of thioether (sulfide) groups is 1. The second-order valence-electron chi connectivity index (χ2n) is 7.03. The molecule has 2 aromatic heterocycles. The molecule has 2 aromatic rings. The van der Waals surface area contributed by atoms with E-state index in [1.54, 1.807) is 22.0 Å². The van der Waals surface area contributed by atoms with Crippen LogP contribution in [0.25, 0.3) is 10.2 Å². The van der Waals surface area contributed by atoms with Gasteiger partial charge >= 0.3 is 0 Å². The number of aryl methyl sites for hydroxylation is 2. The number of nitrogens with zero attached hydrogens (tertiary/aromatic N) is 2. The van der Waals surface area contributed by atoms with Gasteiger partial charge in [-0.2, -0.15) is 0 Å². The summed E-state index contributed by atoms with van der Waals surface area (Å²) in [6.45, 7) is 6.06. The molecule has 1 amide bonds. The first-order valence-corrected chi connectivity index (χ1v) is 10.9. The predicted molar refractivity (Wildman–Crippen MR) is 107 cm³/mol. The molecule has 0 unspecified atom stereocenters. The maximum atomic E-state index is 13.2. The van der Waals surface area contributed by atoms with Crippen molar-refractivity contribution in [2.45, 2.75) is 68.4 Å². The van der Waals surface area contributed by atoms with Crippen LogP contribution < -0.4 is 10.9 Å². The number of amides is 1. The fourth-order valence-electron chi connectivity index (χ4n) is 3.36. The lowest BCUT2D eigenvalue weighted by atomic mass is 9.97. The van der Waals surface area contributed by atoms with Gasteiger partial charge in [-0.1, -0.05) is 17.8 Å². The van der Waals surface area contributed by atoms with Crippen LogP contribution in [0.3, 0.4) is 0 Å². The zero-order valence-electron chi connectivity index (χ0n) is 14.9. The van der Waals surface area contributed by atoms with E-state index in [0.29, 0.717) is 17.7 Å². The molecule has 138 valence electrons. The number of aromatic nitrogens is 2. The fourth-order valence-corrected chi connectivity index (χ4v) is 5.59. The van der Waals surface area contributed by atoms with Gasteiger partial charge in [-0.15, -0.1) is 17.9 Å². The van der Waals surface area contributed by atoms with Gasteiger partial charge in [-0.25, -0.2) is 4.98 Å². The van der Waals surface area contributed by atoms with Gasteiger partial charge in [0.1, 0.15) is 4.83 Å². The summed E-state index contributed by atoms with van der Waals surface area (Å²) in [4.78, 5) is 32.4. The molecular formula is C19H23N3O2S2. The number of allylic oxidation sites excluding steroid dienone is 1. The van der Waals surface area contributed by atoms with Crippen LogP contribution in [0.4, 0.5) is 0 Å². The molecule has 2 aliphatic rings. The topological polar surface area (TPSA) is 64.0 Å². The lowest BCUT2D eigenvalue weighted by Gasteiger charge is -2.15. The third kappa shape index (κ3) is 3.34. The molecule has 1 fully saturated rings. The third-order valence-electron chi connectivity index (χ3n) is 4.93. The predicted octanol–water partition coefficient (Wildman–Crippen LogP) is 3.28. The molecule has 26 heavy (non-hydrogen) atoms. The molecule has 0 aromatic carbocycles. The van der Waals surface area contributed by atoms with Gasteiger partial charge in [0.2, 0.25) is 5.91 Å². The molecule has 4 rings (SSSR count). The van der Waals surface area contributed by atoms with Gasteiger partial charge < -0.3 is 5.32 Å². The molecule has 0 aliphatic heterocycles. The summed E-state index contributed by atoms with van der Waals surface area (Å²) in [5.74, 6) is 0.0162. The summed E-state index contributed by atoms with van der Waals surface area (Å²) in [7, 11) is 0. The Morgan fingerprint density at radius 3 is 2.96 bits per heavy atom. The Morgan fingerprint density at radius 2 is 2.23 bits per heavy atom. The number of hydrogen-bond acceptors (Lipinski definition) is 5. The van der Waals surface area contributed by atoms with Gasteiger partial charge in [-0.3, -0.25) is 14.2 Å². The quantitative estimate of drug-likeness (QED) is 0.468. The van der Waals surface area contributed by atoms with Gasteiger partial charge in [0.25, 0.3) is 5.56 Å². The zero-order valence-corrected chi connectivity index (χ0v) is 16.5. The van der Waals surface area contributed by atoms with Crippen molar-refractivity contribution in [3.8, 4) is 0 Å². The van der Waals surface area contributed by atoms with Gasteiger partial charge in [0.15, 0.2) is 5.16 Å². The minimum atomic E-state index is -0.286. The van der Waals surface area contributed by atoms with E-state index in [1.165, 1.54) is 28.6 Å². The number of hydrogen-bond donors (Lipinski definition) is 1. The van der Waals surface area contributed by atoms with Crippen molar-refractivity contribution in [2.24, 2.45) is 0 Å². The number of nitrogens with one attached hydrogen (secondary N) is 1. The summed E-state index contributed by atoms with van der Waals surface area (Å²) < 4.78 is 1.67. The first-order chi connectivity index (χ1) is 12.6. The average Bonchev–Trinajstić information content (AvgIpc) is 3.35. The van der Waals surface area contributed by atoms with Crippen molar-refractivity contribution in [2.75, 3.05) is 0 Å². The van der Waals surface area contributed by atoms with Gasteiger partial charge in [-0.05, 0) is 51.0 Å². The van der Waals surface area contributed by atoms with Crippen molar-refractivity contribution in [3.63, 3.8) is 0 Å². The first-order valence-electron chi connectivity index (χ1n) is 9.21. The average molecular weight is 390 g/mol. The Hall–Kier alpha value is -1.60. The van der Waals surface area contributed by atoms with Crippen LogP contribution in [-0.4, -0.2) is 26.8 Å². The van der Waals surface area contributed by atoms with E-state index < -0.39 is 0 Å². The maximum Gasteiger partial charge on any atom is 0.263 e. The Morgan fingerprint density at radius 1 is 1.46 bits per heavy atom. The lowest BCUT2D eigenvalue weighted by Crippen LogP contribution is -2.33. The zero-order chi connectivity index (χ0) is 18.3. The van der Waals surface area contributed by atoms with Crippen LogP contribution in [0.15, 0.2) is 22.6 Å². The van der Waals surface area contributed by atoms with Crippen LogP contribution in [0.5, 0.6) is 0 Å². The largest absolute Gasteiger partial charge is 0.352 e. The highest BCUT2D eigenvalue weighted by Gasteiger charge is 2.28. The van der Waals surface area contributed by atoms with Crippen LogP contribution in [-0.2, 0) is 24.2 Å². The van der Waals surface area contributed by atoms with E-state index in [4.69, 9.17) is 4.98 Å². The molecule has 2 aliphatic carbocycles. The molecule has 0 radical (unpaired) electrons. The summed E-state index contributed by atoms with van der Waals surface area (Å²) >= 11 is 3.01. The van der Waals surface area contributed by atoms with Crippen LogP contribution in [0, 0.1) is 0 Å². The van der Waals surface area contributed by atoms with E-state index in [1.807, 2.05) is 6.92 Å². The Bertz CT molecular complexity index is 927. The molecule has 0 saturated heterocycles. The number of rotatable bonds is 6. The number of carbonyl (C=O) groups is 1. The minimum Gasteiger partial charge on any atom is -0.352 e. The first kappa shape index (κ1) is 17.8. The second-order valence-corrected chi connectivity index (χ2v) is 9.42. The van der Waals surface area contributed by atoms with Crippen molar-refractivity contribution < 1.29 is 4.79 Å². The van der Waals surface area contributed by atoms with Crippen molar-refractivity contribution in [3.05, 3.63) is 33.4 Å². The van der Waals surface area contributed by atoms with Crippen molar-refractivity contribution in [1.82, 2.24) is 14.9 Å². The molecule has 0 bridgehead atoms. The molecule has 1 N–H and O–H groups in total. The molecule has 1 saturated carbocycles. The summed E-state index contributed by atoms with van der Waals surface area (Å²) in [5, 5.41) is 4.13. The summed E-state index contributed by atoms with van der Waals surface area (Å²) in [5.41, 5.74) is 1.20. The molecule has 5 nitrogen and oxygen atoms in total. The smallest absolute Gasteiger partial charge is 0.263 e. The molecule has 7 heteroatoms. The normalized spacial score (nSPS) is 17.7.